The summed E-state index contributed by atoms with van der Waals surface area (Å²) in [7, 11) is 0. The Kier molecular flexibility index (Phi) is 8.87. The Morgan fingerprint density at radius 2 is 0.764 bits per heavy atom. The molecule has 0 fully saturated rings. The highest BCUT2D eigenvalue weighted by Crippen LogP contribution is 2.63. The number of hydrogen-bond donors (Lipinski definition) is 0. The Morgan fingerprint density at radius 1 is 0.292 bits per heavy atom. The molecule has 0 amide bonds. The van der Waals surface area contributed by atoms with E-state index in [0.717, 1.165) is 28.4 Å². The van der Waals surface area contributed by atoms with E-state index in [0.29, 0.717) is 0 Å². The first-order valence-electron chi connectivity index (χ1n) is 24.9. The highest BCUT2D eigenvalue weighted by molar-refractivity contribution is 6.19. The Morgan fingerprint density at radius 3 is 1.38 bits per heavy atom. The second-order valence-electron chi connectivity index (χ2n) is 19.2. The van der Waals surface area contributed by atoms with E-state index < -0.39 is 5.41 Å². The molecule has 0 aliphatic heterocycles. The van der Waals surface area contributed by atoms with Gasteiger partial charge < -0.3 is 14.0 Å². The minimum atomic E-state index is -0.443. The molecule has 0 atom stereocenters. The second kappa shape index (κ2) is 15.8. The fraction of sp³-hybridized carbons (Fsp3) is 0.0145. The minimum Gasteiger partial charge on any atom is -0.316 e. The van der Waals surface area contributed by atoms with E-state index in [1.165, 1.54) is 99.5 Å². The Balaban J connectivity index is 0.882. The Bertz CT molecular complexity index is 4180. The summed E-state index contributed by atoms with van der Waals surface area (Å²) in [6.07, 6.45) is 2.20. The van der Waals surface area contributed by atoms with Crippen molar-refractivity contribution in [2.75, 3.05) is 4.90 Å². The van der Waals surface area contributed by atoms with Crippen LogP contribution < -0.4 is 4.90 Å². The van der Waals surface area contributed by atoms with Crippen LogP contribution in [0.15, 0.2) is 273 Å². The van der Waals surface area contributed by atoms with Gasteiger partial charge in [0.2, 0.25) is 0 Å². The first kappa shape index (κ1) is 40.4. The highest BCUT2D eigenvalue weighted by Gasteiger charge is 2.51. The lowest BCUT2D eigenvalue weighted by molar-refractivity contribution is 0.793. The predicted octanol–water partition coefficient (Wildman–Crippen LogP) is 17.9. The Hall–Kier alpha value is -9.44. The van der Waals surface area contributed by atoms with Gasteiger partial charge in [0.05, 0.1) is 22.0 Å². The van der Waals surface area contributed by atoms with Crippen molar-refractivity contribution in [3.63, 3.8) is 0 Å². The first-order valence-corrected chi connectivity index (χ1v) is 24.9. The van der Waals surface area contributed by atoms with Crippen molar-refractivity contribution in [2.24, 2.45) is 0 Å². The molecule has 15 rings (SSSR count). The molecule has 13 aromatic rings. The number of para-hydroxylation sites is 2. The van der Waals surface area contributed by atoms with E-state index in [-0.39, 0.29) is 0 Å². The number of benzene rings is 11. The summed E-state index contributed by atoms with van der Waals surface area (Å²) in [6.45, 7) is 0. The van der Waals surface area contributed by atoms with Crippen LogP contribution in [-0.2, 0) is 5.41 Å². The SMILES string of the molecule is c1ccc(-c2ccc(N(c3ccc(-c4ccc5c(c4)c4ccc6c(ccn6-c6ccccc6)c4n5-c4ccccc4)cc3)c3ccc4c(c3)C3(c5ccccc5-c5ccccc53)c3ccccc3-4)cc2)cc1. The molecule has 0 saturated heterocycles. The fourth-order valence-corrected chi connectivity index (χ4v) is 12.5. The number of fused-ring (bicyclic) bond motifs is 15. The molecule has 0 radical (unpaired) electrons. The standard InChI is InChI=1S/C69H45N3/c1-4-16-46(17-5-1)47-28-33-52(34-29-47)71(54-37-38-58-57-24-12-15-27-64(57)69(65(58)45-54)62-25-13-10-22-55(62)56-23-11-14-26-63(56)69)53-35-30-48(31-36-53)49-32-40-67-61(44-49)59-39-41-66-60(42-43-70(66)50-18-6-2-7-19-50)68(59)72(67)51-20-8-3-9-21-51/h1-45H. The van der Waals surface area contributed by atoms with Gasteiger partial charge in [-0.2, -0.15) is 0 Å². The molecule has 11 aromatic carbocycles. The third-order valence-corrected chi connectivity index (χ3v) is 15.6. The van der Waals surface area contributed by atoms with E-state index in [1.54, 1.807) is 0 Å². The zero-order valence-corrected chi connectivity index (χ0v) is 39.3. The zero-order chi connectivity index (χ0) is 47.3. The average molecular weight is 916 g/mol. The van der Waals surface area contributed by atoms with Crippen LogP contribution in [0.25, 0.3) is 88.6 Å². The van der Waals surface area contributed by atoms with E-state index >= 15 is 0 Å². The van der Waals surface area contributed by atoms with E-state index in [1.807, 2.05) is 0 Å². The molecule has 0 bridgehead atoms. The van der Waals surface area contributed by atoms with Gasteiger partial charge in [0.1, 0.15) is 0 Å². The van der Waals surface area contributed by atoms with Crippen LogP contribution in [0, 0.1) is 0 Å². The van der Waals surface area contributed by atoms with Crippen molar-refractivity contribution in [1.82, 2.24) is 9.13 Å². The van der Waals surface area contributed by atoms with Crippen LogP contribution in [0.3, 0.4) is 0 Å². The minimum absolute atomic E-state index is 0.443. The van der Waals surface area contributed by atoms with Crippen LogP contribution in [0.1, 0.15) is 22.3 Å². The molecule has 0 saturated carbocycles. The molecule has 2 aromatic heterocycles. The van der Waals surface area contributed by atoms with Gasteiger partial charge in [-0.1, -0.05) is 182 Å². The van der Waals surface area contributed by atoms with Gasteiger partial charge >= 0.3 is 0 Å². The van der Waals surface area contributed by atoms with Gasteiger partial charge in [-0.05, 0) is 152 Å². The topological polar surface area (TPSA) is 13.1 Å². The molecule has 2 aliphatic rings. The molecule has 336 valence electrons. The molecule has 72 heavy (non-hydrogen) atoms. The van der Waals surface area contributed by atoms with Crippen LogP contribution in [0.2, 0.25) is 0 Å². The molecule has 2 aliphatic carbocycles. The second-order valence-corrected chi connectivity index (χ2v) is 19.2. The van der Waals surface area contributed by atoms with Crippen molar-refractivity contribution < 1.29 is 0 Å². The summed E-state index contributed by atoms with van der Waals surface area (Å²) in [5, 5.41) is 3.69. The maximum Gasteiger partial charge on any atom is 0.0726 e. The van der Waals surface area contributed by atoms with E-state index in [2.05, 4.69) is 287 Å². The number of aromatic nitrogens is 2. The lowest BCUT2D eigenvalue weighted by atomic mass is 9.70. The summed E-state index contributed by atoms with van der Waals surface area (Å²) in [5.74, 6) is 0. The van der Waals surface area contributed by atoms with Crippen molar-refractivity contribution >= 4 is 49.8 Å². The quantitative estimate of drug-likeness (QED) is 0.155. The number of nitrogens with zero attached hydrogens (tertiary/aromatic N) is 3. The molecule has 3 heteroatoms. The summed E-state index contributed by atoms with van der Waals surface area (Å²) >= 11 is 0. The smallest absolute Gasteiger partial charge is 0.0726 e. The third-order valence-electron chi connectivity index (χ3n) is 15.6. The van der Waals surface area contributed by atoms with Gasteiger partial charge in [0, 0.05) is 50.8 Å². The van der Waals surface area contributed by atoms with Gasteiger partial charge in [-0.15, -0.1) is 0 Å². The maximum atomic E-state index is 2.48. The number of hydrogen-bond acceptors (Lipinski definition) is 1. The van der Waals surface area contributed by atoms with E-state index in [9.17, 15) is 0 Å². The van der Waals surface area contributed by atoms with Gasteiger partial charge in [0.15, 0.2) is 0 Å². The van der Waals surface area contributed by atoms with E-state index in [4.69, 9.17) is 0 Å². The molecule has 0 N–H and O–H groups in total. The van der Waals surface area contributed by atoms with Crippen LogP contribution in [-0.4, -0.2) is 9.13 Å². The molecule has 2 heterocycles. The summed E-state index contributed by atoms with van der Waals surface area (Å²) in [6, 6.07) is 98.5. The fourth-order valence-electron chi connectivity index (χ4n) is 12.5. The highest BCUT2D eigenvalue weighted by atomic mass is 15.1. The van der Waals surface area contributed by atoms with Crippen LogP contribution in [0.4, 0.5) is 17.1 Å². The molecule has 1 spiro atoms. The monoisotopic (exact) mass is 915 g/mol. The molecule has 3 nitrogen and oxygen atoms in total. The average Bonchev–Trinajstić information content (AvgIpc) is 4.20. The molecular formula is C69H45N3. The van der Waals surface area contributed by atoms with Crippen molar-refractivity contribution in [2.45, 2.75) is 5.41 Å². The van der Waals surface area contributed by atoms with Crippen molar-refractivity contribution in [3.05, 3.63) is 295 Å². The summed E-state index contributed by atoms with van der Waals surface area (Å²) in [4.78, 5) is 2.44. The molecule has 0 unspecified atom stereocenters. The Labute approximate surface area is 418 Å². The normalized spacial score (nSPS) is 12.8. The lowest BCUT2D eigenvalue weighted by Gasteiger charge is -2.32. The largest absolute Gasteiger partial charge is 0.316 e. The molecular weight excluding hydrogens is 871 g/mol. The predicted molar refractivity (Wildman–Crippen MR) is 299 cm³/mol. The lowest BCUT2D eigenvalue weighted by Crippen LogP contribution is -2.26. The van der Waals surface area contributed by atoms with Gasteiger partial charge in [-0.25, -0.2) is 0 Å². The summed E-state index contributed by atoms with van der Waals surface area (Å²) in [5.41, 5.74) is 24.0. The van der Waals surface area contributed by atoms with Crippen LogP contribution >= 0.6 is 0 Å². The van der Waals surface area contributed by atoms with Crippen molar-refractivity contribution in [1.29, 1.82) is 0 Å². The first-order chi connectivity index (χ1) is 35.7. The van der Waals surface area contributed by atoms with Gasteiger partial charge in [-0.3, -0.25) is 0 Å². The maximum absolute atomic E-state index is 2.48. The van der Waals surface area contributed by atoms with Gasteiger partial charge in [0.25, 0.3) is 0 Å². The van der Waals surface area contributed by atoms with Crippen molar-refractivity contribution in [3.8, 4) is 55.9 Å². The number of anilines is 3. The number of rotatable bonds is 7. The third kappa shape index (κ3) is 5.85. The summed E-state index contributed by atoms with van der Waals surface area (Å²) < 4.78 is 4.74. The van der Waals surface area contributed by atoms with Crippen LogP contribution in [0.5, 0.6) is 0 Å². The zero-order valence-electron chi connectivity index (χ0n) is 39.3.